The average Bonchev–Trinajstić information content (AvgIpc) is 2.76. The predicted molar refractivity (Wildman–Crippen MR) is 78.4 cm³/mol. The Kier molecular flexibility index (Phi) is 4.70. The Morgan fingerprint density at radius 3 is 3.16 bits per heavy atom. The van der Waals surface area contributed by atoms with Crippen LogP contribution in [0.4, 0.5) is 10.8 Å². The number of nitrogen functional groups attached to an aromatic ring is 1. The number of aromatic nitrogens is 1. The Labute approximate surface area is 115 Å². The molecule has 0 radical (unpaired) electrons. The molecular weight excluding hydrogens is 262 g/mol. The normalized spacial score (nSPS) is 10.8. The molecule has 0 saturated heterocycles. The third-order valence-corrected chi connectivity index (χ3v) is 3.47. The van der Waals surface area contributed by atoms with Gasteiger partial charge in [0.05, 0.1) is 10.2 Å². The number of unbranched alkanes of at least 4 members (excludes halogenated alkanes) is 1. The first kappa shape index (κ1) is 13.8. The molecule has 0 atom stereocenters. The van der Waals surface area contributed by atoms with Crippen LogP contribution in [0.3, 0.4) is 0 Å². The molecule has 6 heteroatoms. The summed E-state index contributed by atoms with van der Waals surface area (Å²) in [6, 6.07) is 5.48. The highest BCUT2D eigenvalue weighted by molar-refractivity contribution is 7.22. The number of carbonyl (C=O) groups excluding carboxylic acids is 1. The molecule has 0 fully saturated rings. The van der Waals surface area contributed by atoms with Crippen molar-refractivity contribution in [2.75, 3.05) is 24.3 Å². The second kappa shape index (κ2) is 6.49. The maximum Gasteiger partial charge on any atom is 0.252 e. The summed E-state index contributed by atoms with van der Waals surface area (Å²) in [4.78, 5) is 15.9. The van der Waals surface area contributed by atoms with Crippen molar-refractivity contribution >= 4 is 38.3 Å². The van der Waals surface area contributed by atoms with Gasteiger partial charge in [0, 0.05) is 12.3 Å². The van der Waals surface area contributed by atoms with Crippen LogP contribution in [0.15, 0.2) is 18.2 Å². The van der Waals surface area contributed by atoms with Crippen molar-refractivity contribution in [2.24, 2.45) is 0 Å². The van der Waals surface area contributed by atoms with Gasteiger partial charge in [0.2, 0.25) is 0 Å². The van der Waals surface area contributed by atoms with Crippen molar-refractivity contribution in [1.82, 2.24) is 4.98 Å². The van der Waals surface area contributed by atoms with Crippen molar-refractivity contribution in [2.45, 2.75) is 19.8 Å². The number of nitrogens with zero attached hydrogens (tertiary/aromatic N) is 1. The molecule has 0 unspecified atom stereocenters. The maximum atomic E-state index is 11.6. The molecule has 0 saturated carbocycles. The highest BCUT2D eigenvalue weighted by atomic mass is 32.1. The summed E-state index contributed by atoms with van der Waals surface area (Å²) >= 11 is 1.40. The third kappa shape index (κ3) is 3.90. The molecule has 0 aliphatic rings. The van der Waals surface area contributed by atoms with Gasteiger partial charge < -0.3 is 10.5 Å². The first-order valence-electron chi connectivity index (χ1n) is 6.22. The van der Waals surface area contributed by atoms with E-state index >= 15 is 0 Å². The quantitative estimate of drug-likeness (QED) is 0.629. The zero-order valence-electron chi connectivity index (χ0n) is 10.8. The van der Waals surface area contributed by atoms with Crippen LogP contribution in [0.1, 0.15) is 19.8 Å². The maximum absolute atomic E-state index is 11.6. The zero-order valence-corrected chi connectivity index (χ0v) is 11.6. The number of carbonyl (C=O) groups is 1. The van der Waals surface area contributed by atoms with Gasteiger partial charge in [-0.3, -0.25) is 10.1 Å². The van der Waals surface area contributed by atoms with E-state index in [1.54, 1.807) is 6.07 Å². The third-order valence-electron chi connectivity index (χ3n) is 2.53. The van der Waals surface area contributed by atoms with Crippen molar-refractivity contribution in [3.05, 3.63) is 18.2 Å². The Morgan fingerprint density at radius 2 is 2.37 bits per heavy atom. The zero-order chi connectivity index (χ0) is 13.7. The number of nitrogens with two attached hydrogens (primary N) is 1. The molecule has 1 aromatic carbocycles. The van der Waals surface area contributed by atoms with Gasteiger partial charge in [0.15, 0.2) is 5.13 Å². The number of thiazole rings is 1. The summed E-state index contributed by atoms with van der Waals surface area (Å²) in [6.45, 7) is 2.76. The monoisotopic (exact) mass is 279 g/mol. The number of amides is 1. The van der Waals surface area contributed by atoms with Gasteiger partial charge in [0.25, 0.3) is 5.91 Å². The minimum Gasteiger partial charge on any atom is -0.399 e. The van der Waals surface area contributed by atoms with Gasteiger partial charge in [0.1, 0.15) is 6.61 Å². The number of nitrogens with one attached hydrogen (secondary N) is 1. The highest BCUT2D eigenvalue weighted by Gasteiger charge is 2.08. The van der Waals surface area contributed by atoms with E-state index < -0.39 is 0 Å². The van der Waals surface area contributed by atoms with Gasteiger partial charge in [-0.05, 0) is 24.6 Å². The molecule has 5 nitrogen and oxygen atoms in total. The second-order valence-corrected chi connectivity index (χ2v) is 5.23. The van der Waals surface area contributed by atoms with Crippen LogP contribution in [-0.2, 0) is 9.53 Å². The number of rotatable bonds is 6. The average molecular weight is 279 g/mol. The lowest BCUT2D eigenvalue weighted by Crippen LogP contribution is -2.18. The lowest BCUT2D eigenvalue weighted by molar-refractivity contribution is -0.120. The van der Waals surface area contributed by atoms with E-state index in [0.717, 1.165) is 23.1 Å². The minimum absolute atomic E-state index is 0.0675. The molecule has 2 rings (SSSR count). The second-order valence-electron chi connectivity index (χ2n) is 4.20. The number of hydrogen-bond donors (Lipinski definition) is 2. The Morgan fingerprint density at radius 1 is 1.53 bits per heavy atom. The molecule has 0 spiro atoms. The van der Waals surface area contributed by atoms with E-state index in [4.69, 9.17) is 10.5 Å². The fraction of sp³-hybridized carbons (Fsp3) is 0.385. The number of anilines is 2. The van der Waals surface area contributed by atoms with E-state index in [-0.39, 0.29) is 12.5 Å². The molecule has 0 aliphatic heterocycles. The molecule has 1 heterocycles. The van der Waals surface area contributed by atoms with Gasteiger partial charge in [-0.2, -0.15) is 0 Å². The highest BCUT2D eigenvalue weighted by Crippen LogP contribution is 2.27. The number of ether oxygens (including phenoxy) is 1. The molecule has 0 bridgehead atoms. The van der Waals surface area contributed by atoms with Gasteiger partial charge in [-0.1, -0.05) is 24.7 Å². The Bertz CT molecular complexity index is 568. The van der Waals surface area contributed by atoms with Gasteiger partial charge in [-0.25, -0.2) is 4.98 Å². The predicted octanol–water partition coefficient (Wildman–Crippen LogP) is 2.63. The number of benzene rings is 1. The smallest absolute Gasteiger partial charge is 0.252 e. The topological polar surface area (TPSA) is 77.2 Å². The van der Waals surface area contributed by atoms with E-state index in [0.29, 0.717) is 17.4 Å². The van der Waals surface area contributed by atoms with Crippen LogP contribution in [0.25, 0.3) is 10.2 Å². The lowest BCUT2D eigenvalue weighted by atomic mass is 10.3. The van der Waals surface area contributed by atoms with Gasteiger partial charge >= 0.3 is 0 Å². The fourth-order valence-electron chi connectivity index (χ4n) is 1.56. The summed E-state index contributed by atoms with van der Waals surface area (Å²) in [5.74, 6) is -0.178. The number of fused-ring (bicyclic) bond motifs is 1. The van der Waals surface area contributed by atoms with Crippen LogP contribution in [0.5, 0.6) is 0 Å². The molecule has 19 heavy (non-hydrogen) atoms. The van der Waals surface area contributed by atoms with E-state index in [9.17, 15) is 4.79 Å². The van der Waals surface area contributed by atoms with Crippen molar-refractivity contribution in [1.29, 1.82) is 0 Å². The van der Waals surface area contributed by atoms with Crippen LogP contribution in [0.2, 0.25) is 0 Å². The summed E-state index contributed by atoms with van der Waals surface area (Å²) in [6.07, 6.45) is 2.02. The van der Waals surface area contributed by atoms with E-state index in [1.165, 1.54) is 11.3 Å². The Hall–Kier alpha value is -1.66. The summed E-state index contributed by atoms with van der Waals surface area (Å²) in [5.41, 5.74) is 7.23. The molecular formula is C13H17N3O2S. The van der Waals surface area contributed by atoms with Crippen molar-refractivity contribution in [3.8, 4) is 0 Å². The summed E-state index contributed by atoms with van der Waals surface area (Å²) in [5, 5.41) is 3.30. The van der Waals surface area contributed by atoms with Crippen LogP contribution < -0.4 is 11.1 Å². The molecule has 1 aromatic heterocycles. The molecule has 1 amide bonds. The standard InChI is InChI=1S/C13H17N3O2S/c1-2-3-6-18-8-12(17)16-13-15-10-5-4-9(14)7-11(10)19-13/h4-5,7H,2-3,6,8,14H2,1H3,(H,15,16,17). The lowest BCUT2D eigenvalue weighted by Gasteiger charge is -2.02. The van der Waals surface area contributed by atoms with Crippen LogP contribution in [0, 0.1) is 0 Å². The fourth-order valence-corrected chi connectivity index (χ4v) is 2.49. The summed E-state index contributed by atoms with van der Waals surface area (Å²) < 4.78 is 6.21. The first-order chi connectivity index (χ1) is 9.19. The van der Waals surface area contributed by atoms with Crippen molar-refractivity contribution in [3.63, 3.8) is 0 Å². The molecule has 2 aromatic rings. The number of hydrogen-bond acceptors (Lipinski definition) is 5. The molecule has 3 N–H and O–H groups in total. The van der Waals surface area contributed by atoms with E-state index in [2.05, 4.69) is 17.2 Å². The largest absolute Gasteiger partial charge is 0.399 e. The Balaban J connectivity index is 1.91. The van der Waals surface area contributed by atoms with E-state index in [1.807, 2.05) is 12.1 Å². The molecule has 102 valence electrons. The van der Waals surface area contributed by atoms with Crippen LogP contribution >= 0.6 is 11.3 Å². The van der Waals surface area contributed by atoms with Crippen molar-refractivity contribution < 1.29 is 9.53 Å². The van der Waals surface area contributed by atoms with Crippen LogP contribution in [-0.4, -0.2) is 24.1 Å². The minimum atomic E-state index is -0.178. The summed E-state index contributed by atoms with van der Waals surface area (Å²) in [7, 11) is 0. The van der Waals surface area contributed by atoms with Gasteiger partial charge in [-0.15, -0.1) is 0 Å². The SMILES string of the molecule is CCCCOCC(=O)Nc1nc2ccc(N)cc2s1. The first-order valence-corrected chi connectivity index (χ1v) is 7.04. The molecule has 0 aliphatic carbocycles.